The van der Waals surface area contributed by atoms with Crippen molar-refractivity contribution in [2.75, 3.05) is 0 Å². The van der Waals surface area contributed by atoms with Crippen LogP contribution >= 0.6 is 0 Å². The average Bonchev–Trinajstić information content (AvgIpc) is 2.46. The summed E-state index contributed by atoms with van der Waals surface area (Å²) in [7, 11) is 0. The first-order valence-corrected chi connectivity index (χ1v) is 6.78. The smallest absolute Gasteiger partial charge is 0.133 e. The highest BCUT2D eigenvalue weighted by Gasteiger charge is 2.18. The molecule has 0 N–H and O–H groups in total. The number of carbonyl (C=O) groups is 1. The molecule has 1 aliphatic rings. The van der Waals surface area contributed by atoms with E-state index in [4.69, 9.17) is 4.74 Å². The highest BCUT2D eigenvalue weighted by atomic mass is 16.5. The molecule has 1 aromatic heterocycles. The van der Waals surface area contributed by atoms with Gasteiger partial charge in [-0.25, -0.2) is 0 Å². The van der Waals surface area contributed by atoms with Gasteiger partial charge < -0.3 is 4.74 Å². The van der Waals surface area contributed by atoms with Crippen molar-refractivity contribution in [2.45, 2.75) is 38.4 Å². The summed E-state index contributed by atoms with van der Waals surface area (Å²) in [5.41, 5.74) is 2.17. The van der Waals surface area contributed by atoms with Gasteiger partial charge in [0.05, 0.1) is 18.2 Å². The number of aromatic nitrogens is 1. The van der Waals surface area contributed by atoms with Gasteiger partial charge in [-0.1, -0.05) is 12.1 Å². The van der Waals surface area contributed by atoms with Crippen LogP contribution in [-0.2, 0) is 16.1 Å². The third-order valence-electron chi connectivity index (χ3n) is 3.64. The molecule has 1 aliphatic carbocycles. The molecule has 0 unspecified atom stereocenters. The molecule has 1 fully saturated rings. The van der Waals surface area contributed by atoms with E-state index in [-0.39, 0.29) is 6.10 Å². The molecule has 0 atom stereocenters. The van der Waals surface area contributed by atoms with Crippen LogP contribution in [0, 0.1) is 0 Å². The number of pyridine rings is 1. The van der Waals surface area contributed by atoms with Crippen molar-refractivity contribution in [3.8, 4) is 0 Å². The van der Waals surface area contributed by atoms with Crippen LogP contribution in [0.5, 0.6) is 0 Å². The Labute approximate surface area is 112 Å². The van der Waals surface area contributed by atoms with E-state index >= 15 is 0 Å². The zero-order chi connectivity index (χ0) is 13.1. The number of hydrogen-bond acceptors (Lipinski definition) is 3. The number of ketones is 1. The number of carbonyl (C=O) groups excluding carboxylic acids is 1. The van der Waals surface area contributed by atoms with Crippen LogP contribution in [0.2, 0.25) is 0 Å². The number of Topliss-reactive ketones (excluding diaryl/α,β-unsaturated/α-hetero) is 1. The van der Waals surface area contributed by atoms with Gasteiger partial charge in [0.2, 0.25) is 0 Å². The van der Waals surface area contributed by atoms with Gasteiger partial charge >= 0.3 is 0 Å². The second kappa shape index (κ2) is 5.49. The Bertz CT molecular complexity index is 584. The molecule has 19 heavy (non-hydrogen) atoms. The third-order valence-corrected chi connectivity index (χ3v) is 3.64. The Balaban J connectivity index is 1.63. The van der Waals surface area contributed by atoms with Gasteiger partial charge in [-0.2, -0.15) is 0 Å². The summed E-state index contributed by atoms with van der Waals surface area (Å²) < 4.78 is 5.89. The number of nitrogens with zero attached hydrogens (tertiary/aromatic N) is 1. The molecule has 98 valence electrons. The van der Waals surface area contributed by atoms with Crippen LogP contribution in [0.4, 0.5) is 0 Å². The molecule has 3 rings (SSSR count). The Morgan fingerprint density at radius 1 is 1.21 bits per heavy atom. The lowest BCUT2D eigenvalue weighted by Crippen LogP contribution is -2.21. The van der Waals surface area contributed by atoms with Crippen LogP contribution in [0.15, 0.2) is 36.5 Å². The standard InChI is InChI=1S/C16H17NO2/c18-14-4-6-15(7-5-14)19-11-12-3-8-16-13(10-12)2-1-9-17-16/h1-3,8-10,15H,4-7,11H2. The minimum Gasteiger partial charge on any atom is -0.374 e. The summed E-state index contributed by atoms with van der Waals surface area (Å²) >= 11 is 0. The third kappa shape index (κ3) is 2.99. The zero-order valence-corrected chi connectivity index (χ0v) is 10.8. The van der Waals surface area contributed by atoms with Crippen molar-refractivity contribution in [3.63, 3.8) is 0 Å². The molecule has 3 nitrogen and oxygen atoms in total. The summed E-state index contributed by atoms with van der Waals surface area (Å²) in [5, 5.41) is 1.14. The van der Waals surface area contributed by atoms with E-state index in [0.717, 1.165) is 29.3 Å². The molecule has 1 saturated carbocycles. The molecule has 0 spiro atoms. The van der Waals surface area contributed by atoms with E-state index in [1.807, 2.05) is 12.1 Å². The van der Waals surface area contributed by atoms with E-state index in [0.29, 0.717) is 25.2 Å². The van der Waals surface area contributed by atoms with E-state index in [2.05, 4.69) is 23.2 Å². The molecule has 0 bridgehead atoms. The maximum Gasteiger partial charge on any atom is 0.133 e. The predicted octanol–water partition coefficient (Wildman–Crippen LogP) is 3.26. The lowest BCUT2D eigenvalue weighted by Gasteiger charge is -2.21. The van der Waals surface area contributed by atoms with Gasteiger partial charge in [-0.3, -0.25) is 9.78 Å². The molecule has 2 aromatic rings. The Morgan fingerprint density at radius 3 is 2.89 bits per heavy atom. The van der Waals surface area contributed by atoms with Crippen molar-refractivity contribution >= 4 is 16.7 Å². The number of ether oxygens (including phenoxy) is 1. The first-order chi connectivity index (χ1) is 9.31. The number of fused-ring (bicyclic) bond motifs is 1. The Kier molecular flexibility index (Phi) is 3.56. The summed E-state index contributed by atoms with van der Waals surface area (Å²) in [6.45, 7) is 0.615. The van der Waals surface area contributed by atoms with E-state index in [1.165, 1.54) is 0 Å². The first kappa shape index (κ1) is 12.3. The van der Waals surface area contributed by atoms with Crippen LogP contribution < -0.4 is 0 Å². The Morgan fingerprint density at radius 2 is 2.05 bits per heavy atom. The summed E-state index contributed by atoms with van der Waals surface area (Å²) in [6, 6.07) is 10.2. The van der Waals surface area contributed by atoms with Crippen molar-refractivity contribution in [1.82, 2.24) is 4.98 Å². The van der Waals surface area contributed by atoms with E-state index in [1.54, 1.807) is 6.20 Å². The quantitative estimate of drug-likeness (QED) is 0.845. The van der Waals surface area contributed by atoms with Crippen molar-refractivity contribution in [1.29, 1.82) is 0 Å². The van der Waals surface area contributed by atoms with Crippen LogP contribution in [-0.4, -0.2) is 16.9 Å². The fourth-order valence-corrected chi connectivity index (χ4v) is 2.51. The molecule has 0 amide bonds. The average molecular weight is 255 g/mol. The number of hydrogen-bond donors (Lipinski definition) is 0. The second-order valence-electron chi connectivity index (χ2n) is 5.08. The molecular weight excluding hydrogens is 238 g/mol. The van der Waals surface area contributed by atoms with E-state index in [9.17, 15) is 4.79 Å². The van der Waals surface area contributed by atoms with Gasteiger partial charge in [0, 0.05) is 24.4 Å². The first-order valence-electron chi connectivity index (χ1n) is 6.78. The molecule has 3 heteroatoms. The fourth-order valence-electron chi connectivity index (χ4n) is 2.51. The molecule has 0 aliphatic heterocycles. The Hall–Kier alpha value is -1.74. The highest BCUT2D eigenvalue weighted by molar-refractivity contribution is 5.79. The van der Waals surface area contributed by atoms with E-state index < -0.39 is 0 Å². The van der Waals surface area contributed by atoms with Crippen LogP contribution in [0.25, 0.3) is 10.9 Å². The summed E-state index contributed by atoms with van der Waals surface area (Å²) in [5.74, 6) is 0.372. The molecular formula is C16H17NO2. The van der Waals surface area contributed by atoms with Crippen molar-refractivity contribution < 1.29 is 9.53 Å². The normalized spacial score (nSPS) is 16.9. The molecule has 1 heterocycles. The minimum atomic E-state index is 0.238. The topological polar surface area (TPSA) is 39.2 Å². The van der Waals surface area contributed by atoms with Gasteiger partial charge in [0.1, 0.15) is 5.78 Å². The van der Waals surface area contributed by atoms with Gasteiger partial charge in [-0.15, -0.1) is 0 Å². The lowest BCUT2D eigenvalue weighted by molar-refractivity contribution is -0.123. The minimum absolute atomic E-state index is 0.238. The number of rotatable bonds is 3. The molecule has 0 saturated heterocycles. The highest BCUT2D eigenvalue weighted by Crippen LogP contribution is 2.20. The monoisotopic (exact) mass is 255 g/mol. The SMILES string of the molecule is O=C1CCC(OCc2ccc3ncccc3c2)CC1. The van der Waals surface area contributed by atoms with Crippen molar-refractivity contribution in [3.05, 3.63) is 42.1 Å². The second-order valence-corrected chi connectivity index (χ2v) is 5.08. The fraction of sp³-hybridized carbons (Fsp3) is 0.375. The maximum absolute atomic E-state index is 11.2. The largest absolute Gasteiger partial charge is 0.374 e. The van der Waals surface area contributed by atoms with Gasteiger partial charge in [-0.05, 0) is 36.6 Å². The maximum atomic E-state index is 11.2. The van der Waals surface area contributed by atoms with Crippen molar-refractivity contribution in [2.24, 2.45) is 0 Å². The predicted molar refractivity (Wildman–Crippen MR) is 73.8 cm³/mol. The molecule has 0 radical (unpaired) electrons. The number of benzene rings is 1. The summed E-state index contributed by atoms with van der Waals surface area (Å²) in [6.07, 6.45) is 5.13. The van der Waals surface area contributed by atoms with Gasteiger partial charge in [0.25, 0.3) is 0 Å². The van der Waals surface area contributed by atoms with Crippen LogP contribution in [0.3, 0.4) is 0 Å². The molecule has 1 aromatic carbocycles. The summed E-state index contributed by atoms with van der Waals surface area (Å²) in [4.78, 5) is 15.5. The lowest BCUT2D eigenvalue weighted by atomic mass is 9.96. The van der Waals surface area contributed by atoms with Gasteiger partial charge in [0.15, 0.2) is 0 Å². The zero-order valence-electron chi connectivity index (χ0n) is 10.8. The van der Waals surface area contributed by atoms with Crippen LogP contribution in [0.1, 0.15) is 31.2 Å².